The second-order valence-electron chi connectivity index (χ2n) is 10.3. The van der Waals surface area contributed by atoms with Gasteiger partial charge in [0.05, 0.1) is 36.5 Å². The number of alkyl halides is 1. The van der Waals surface area contributed by atoms with Gasteiger partial charge in [0.25, 0.3) is 0 Å². The number of piperidine rings is 2. The van der Waals surface area contributed by atoms with Gasteiger partial charge in [0.15, 0.2) is 0 Å². The fourth-order valence-electron chi connectivity index (χ4n) is 6.29. The van der Waals surface area contributed by atoms with Gasteiger partial charge in [-0.25, -0.2) is 14.8 Å². The number of fused-ring (bicyclic) bond motifs is 1. The molecular formula is C21H39FN8O2. The Morgan fingerprint density at radius 2 is 2.06 bits per heavy atom. The lowest BCUT2D eigenvalue weighted by Gasteiger charge is -2.50. The first kappa shape index (κ1) is 22.9. The number of nitrogens with one attached hydrogen (secondary N) is 4. The summed E-state index contributed by atoms with van der Waals surface area (Å²) in [6, 6.07) is 0.328. The van der Waals surface area contributed by atoms with Crippen molar-refractivity contribution in [2.75, 3.05) is 66.0 Å². The Morgan fingerprint density at radius 3 is 2.84 bits per heavy atom. The van der Waals surface area contributed by atoms with E-state index in [1.54, 1.807) is 5.01 Å². The summed E-state index contributed by atoms with van der Waals surface area (Å²) in [6.07, 6.45) is 1.31. The van der Waals surface area contributed by atoms with Crippen LogP contribution in [0.15, 0.2) is 0 Å². The molecule has 5 aliphatic heterocycles. The molecule has 5 aliphatic rings. The molecule has 0 aromatic heterocycles. The van der Waals surface area contributed by atoms with Crippen molar-refractivity contribution in [2.45, 2.75) is 55.5 Å². The highest BCUT2D eigenvalue weighted by atomic mass is 19.1. The Balaban J connectivity index is 1.20. The third-order valence-electron chi connectivity index (χ3n) is 8.01. The molecule has 0 aromatic carbocycles. The monoisotopic (exact) mass is 454 g/mol. The lowest BCUT2D eigenvalue weighted by atomic mass is 9.87. The van der Waals surface area contributed by atoms with Crippen LogP contribution >= 0.6 is 0 Å². The second-order valence-corrected chi connectivity index (χ2v) is 10.3. The van der Waals surface area contributed by atoms with Crippen molar-refractivity contribution in [3.63, 3.8) is 0 Å². The first-order valence-electron chi connectivity index (χ1n) is 12.2. The number of ether oxygens (including phenoxy) is 1. The molecular weight excluding hydrogens is 415 g/mol. The molecule has 0 saturated carbocycles. The summed E-state index contributed by atoms with van der Waals surface area (Å²) in [5.41, 5.74) is 9.30. The molecule has 1 spiro atoms. The molecule has 6 atom stereocenters. The van der Waals surface area contributed by atoms with Gasteiger partial charge >= 0.3 is 0 Å². The van der Waals surface area contributed by atoms with E-state index in [0.717, 1.165) is 65.1 Å². The summed E-state index contributed by atoms with van der Waals surface area (Å²) >= 11 is 0. The smallest absolute Gasteiger partial charge is 0.229 e. The standard InChI is InChI=1S/C21H39FN8O2/c1-28-8-9-32-21(13-28)3-6-29(7-4-21)16-2-5-24-11-15(16)26-20(31)17-18(23)27-30-12-14(22)10-25-19(17)30/h14-19,24-25,27H,2-13,23H2,1H3,(H,26,31). The lowest BCUT2D eigenvalue weighted by molar-refractivity contribution is -0.137. The molecule has 5 rings (SSSR count). The lowest BCUT2D eigenvalue weighted by Crippen LogP contribution is -2.65. The van der Waals surface area contributed by atoms with E-state index in [0.29, 0.717) is 6.04 Å². The number of likely N-dealkylation sites (N-methyl/N-ethyl adjacent to an activating group) is 1. The number of hydrogen-bond acceptors (Lipinski definition) is 9. The molecule has 0 aliphatic carbocycles. The minimum absolute atomic E-state index is 0.0121. The van der Waals surface area contributed by atoms with Crippen LogP contribution in [0.2, 0.25) is 0 Å². The van der Waals surface area contributed by atoms with Gasteiger partial charge in [-0.15, -0.1) is 0 Å². The third-order valence-corrected chi connectivity index (χ3v) is 8.01. The van der Waals surface area contributed by atoms with Crippen molar-refractivity contribution >= 4 is 5.91 Å². The van der Waals surface area contributed by atoms with Gasteiger partial charge in [-0.05, 0) is 32.9 Å². The molecule has 0 radical (unpaired) electrons. The zero-order chi connectivity index (χ0) is 22.3. The van der Waals surface area contributed by atoms with Crippen LogP contribution in [0, 0.1) is 5.92 Å². The predicted octanol–water partition coefficient (Wildman–Crippen LogP) is -2.38. The molecule has 32 heavy (non-hydrogen) atoms. The summed E-state index contributed by atoms with van der Waals surface area (Å²) in [5.74, 6) is -0.521. The molecule has 1 amide bonds. The van der Waals surface area contributed by atoms with E-state index in [4.69, 9.17) is 10.5 Å². The maximum atomic E-state index is 13.7. The normalized spacial score (nSPS) is 41.5. The minimum atomic E-state index is -0.963. The van der Waals surface area contributed by atoms with Crippen molar-refractivity contribution in [2.24, 2.45) is 11.7 Å². The zero-order valence-corrected chi connectivity index (χ0v) is 19.1. The number of amides is 1. The molecule has 182 valence electrons. The average molecular weight is 455 g/mol. The Bertz CT molecular complexity index is 678. The molecule has 11 heteroatoms. The topological polar surface area (TPSA) is 110 Å². The van der Waals surface area contributed by atoms with Crippen molar-refractivity contribution in [3.8, 4) is 0 Å². The van der Waals surface area contributed by atoms with Gasteiger partial charge < -0.3 is 26.0 Å². The summed E-state index contributed by atoms with van der Waals surface area (Å²) in [6.45, 7) is 7.01. The van der Waals surface area contributed by atoms with Crippen LogP contribution in [-0.4, -0.2) is 123 Å². The fraction of sp³-hybridized carbons (Fsp3) is 0.952. The Kier molecular flexibility index (Phi) is 6.70. The van der Waals surface area contributed by atoms with E-state index in [9.17, 15) is 9.18 Å². The van der Waals surface area contributed by atoms with Crippen LogP contribution in [0.25, 0.3) is 0 Å². The number of hydrogen-bond donors (Lipinski definition) is 5. The Labute approximate surface area is 189 Å². The van der Waals surface area contributed by atoms with Crippen LogP contribution in [0.3, 0.4) is 0 Å². The molecule has 10 nitrogen and oxygen atoms in total. The number of nitrogens with zero attached hydrogens (tertiary/aromatic N) is 3. The first-order valence-corrected chi connectivity index (χ1v) is 12.2. The second kappa shape index (κ2) is 9.38. The summed E-state index contributed by atoms with van der Waals surface area (Å²) in [4.78, 5) is 18.2. The van der Waals surface area contributed by atoms with Crippen LogP contribution < -0.4 is 27.1 Å². The Morgan fingerprint density at radius 1 is 1.25 bits per heavy atom. The first-order chi connectivity index (χ1) is 15.4. The summed E-state index contributed by atoms with van der Waals surface area (Å²) in [7, 11) is 2.17. The van der Waals surface area contributed by atoms with E-state index < -0.39 is 18.3 Å². The highest BCUT2D eigenvalue weighted by Crippen LogP contribution is 2.32. The molecule has 6 N–H and O–H groups in total. The number of nitrogens with two attached hydrogens (primary N) is 1. The maximum absolute atomic E-state index is 13.7. The number of carbonyl (C=O) groups excluding carboxylic acids is 1. The van der Waals surface area contributed by atoms with Gasteiger partial charge in [-0.3, -0.25) is 15.0 Å². The van der Waals surface area contributed by atoms with Crippen LogP contribution in [0.1, 0.15) is 19.3 Å². The van der Waals surface area contributed by atoms with Crippen LogP contribution in [0.4, 0.5) is 4.39 Å². The van der Waals surface area contributed by atoms with Crippen molar-refractivity contribution in [1.29, 1.82) is 0 Å². The minimum Gasteiger partial charge on any atom is -0.372 e. The number of morpholine rings is 1. The van der Waals surface area contributed by atoms with E-state index >= 15 is 0 Å². The van der Waals surface area contributed by atoms with Crippen LogP contribution in [0.5, 0.6) is 0 Å². The van der Waals surface area contributed by atoms with Gasteiger partial charge in [0, 0.05) is 51.9 Å². The van der Waals surface area contributed by atoms with Crippen molar-refractivity contribution < 1.29 is 13.9 Å². The predicted molar refractivity (Wildman–Crippen MR) is 118 cm³/mol. The summed E-state index contributed by atoms with van der Waals surface area (Å²) < 4.78 is 20.0. The largest absolute Gasteiger partial charge is 0.372 e. The van der Waals surface area contributed by atoms with Crippen LogP contribution in [-0.2, 0) is 9.53 Å². The molecule has 5 fully saturated rings. The molecule has 5 heterocycles. The van der Waals surface area contributed by atoms with E-state index in [1.165, 1.54) is 0 Å². The highest BCUT2D eigenvalue weighted by Gasteiger charge is 2.48. The summed E-state index contributed by atoms with van der Waals surface area (Å²) in [5, 5.41) is 11.6. The number of hydrazine groups is 1. The maximum Gasteiger partial charge on any atom is 0.229 e. The quantitative estimate of drug-likeness (QED) is 0.319. The third kappa shape index (κ3) is 4.54. The SMILES string of the molecule is CN1CCOC2(CCN(C3CCNCC3NC(=O)C3C(N)NN4CC(F)CNC34)CC2)C1. The van der Waals surface area contributed by atoms with E-state index in [-0.39, 0.29) is 36.8 Å². The molecule has 0 bridgehead atoms. The number of rotatable bonds is 3. The van der Waals surface area contributed by atoms with E-state index in [1.807, 2.05) is 0 Å². The Hall–Kier alpha value is -0.920. The van der Waals surface area contributed by atoms with Gasteiger partial charge in [0.1, 0.15) is 6.17 Å². The number of carbonyl (C=O) groups is 1. The molecule has 5 saturated heterocycles. The van der Waals surface area contributed by atoms with Gasteiger partial charge in [-0.1, -0.05) is 0 Å². The fourth-order valence-corrected chi connectivity index (χ4v) is 6.29. The number of halogens is 1. The average Bonchev–Trinajstić information content (AvgIpc) is 3.09. The van der Waals surface area contributed by atoms with Gasteiger partial charge in [-0.2, -0.15) is 0 Å². The molecule has 6 unspecified atom stereocenters. The van der Waals surface area contributed by atoms with Crippen molar-refractivity contribution in [3.05, 3.63) is 0 Å². The number of likely N-dealkylation sites (tertiary alicyclic amines) is 1. The molecule has 0 aromatic rings. The highest BCUT2D eigenvalue weighted by molar-refractivity contribution is 5.81. The van der Waals surface area contributed by atoms with Gasteiger partial charge in [0.2, 0.25) is 5.91 Å². The van der Waals surface area contributed by atoms with E-state index in [2.05, 4.69) is 38.2 Å². The zero-order valence-electron chi connectivity index (χ0n) is 19.1. The van der Waals surface area contributed by atoms with Crippen molar-refractivity contribution in [1.82, 2.24) is 36.2 Å².